The molecule has 0 aliphatic carbocycles. The Morgan fingerprint density at radius 3 is 2.39 bits per heavy atom. The molecule has 0 saturated carbocycles. The van der Waals surface area contributed by atoms with E-state index in [-0.39, 0.29) is 57.9 Å². The van der Waals surface area contributed by atoms with Crippen molar-refractivity contribution in [3.05, 3.63) is 0 Å². The standard InChI is InChI=1S/C11H25NO4S.K/c1-2-3-4-5-6-7-11(13)10-12-8-9-17(14,15)16;/h11-13H,2-10H2,1H3,(H,14,15,16);/q;+1/p-1. The van der Waals surface area contributed by atoms with Crippen molar-refractivity contribution in [1.82, 2.24) is 5.32 Å². The third kappa shape index (κ3) is 17.5. The van der Waals surface area contributed by atoms with Crippen LogP contribution in [0.2, 0.25) is 0 Å². The maximum absolute atomic E-state index is 10.3. The molecule has 0 fully saturated rings. The second kappa shape index (κ2) is 13.4. The van der Waals surface area contributed by atoms with Gasteiger partial charge in [0.2, 0.25) is 0 Å². The predicted octanol–water partition coefficient (Wildman–Crippen LogP) is -2.15. The topological polar surface area (TPSA) is 89.5 Å². The summed E-state index contributed by atoms with van der Waals surface area (Å²) in [6.45, 7) is 2.62. The van der Waals surface area contributed by atoms with Gasteiger partial charge in [-0.25, -0.2) is 8.42 Å². The molecule has 18 heavy (non-hydrogen) atoms. The Balaban J connectivity index is 0. The Morgan fingerprint density at radius 2 is 1.83 bits per heavy atom. The third-order valence-corrected chi connectivity index (χ3v) is 3.25. The maximum atomic E-state index is 10.3. The van der Waals surface area contributed by atoms with E-state index < -0.39 is 22.0 Å². The van der Waals surface area contributed by atoms with Crippen LogP contribution in [0, 0.1) is 0 Å². The fraction of sp³-hybridized carbons (Fsp3) is 1.00. The van der Waals surface area contributed by atoms with Crippen LogP contribution in [0.1, 0.15) is 45.4 Å². The predicted molar refractivity (Wildman–Crippen MR) is 66.8 cm³/mol. The van der Waals surface area contributed by atoms with Gasteiger partial charge in [-0.1, -0.05) is 39.0 Å². The first-order valence-electron chi connectivity index (χ1n) is 6.28. The van der Waals surface area contributed by atoms with Gasteiger partial charge in [-0.15, -0.1) is 0 Å². The Morgan fingerprint density at radius 1 is 1.22 bits per heavy atom. The zero-order valence-corrected chi connectivity index (χ0v) is 15.5. The summed E-state index contributed by atoms with van der Waals surface area (Å²) in [7, 11) is -4.14. The van der Waals surface area contributed by atoms with Crippen LogP contribution in [-0.2, 0) is 10.1 Å². The van der Waals surface area contributed by atoms with Gasteiger partial charge in [0, 0.05) is 13.1 Å². The van der Waals surface area contributed by atoms with Gasteiger partial charge in [0.1, 0.15) is 0 Å². The summed E-state index contributed by atoms with van der Waals surface area (Å²) in [6, 6.07) is 0. The van der Waals surface area contributed by atoms with Crippen molar-refractivity contribution in [1.29, 1.82) is 0 Å². The van der Waals surface area contributed by atoms with E-state index in [4.69, 9.17) is 0 Å². The number of aliphatic hydroxyl groups is 1. The number of unbranched alkanes of at least 4 members (excludes halogenated alkanes) is 4. The second-order valence-electron chi connectivity index (χ2n) is 4.32. The average molecular weight is 305 g/mol. The molecule has 5 nitrogen and oxygen atoms in total. The van der Waals surface area contributed by atoms with Gasteiger partial charge in [-0.05, 0) is 6.42 Å². The molecular weight excluding hydrogens is 281 g/mol. The number of hydrogen-bond donors (Lipinski definition) is 2. The van der Waals surface area contributed by atoms with Crippen LogP contribution in [0.5, 0.6) is 0 Å². The van der Waals surface area contributed by atoms with Gasteiger partial charge in [-0.3, -0.25) is 0 Å². The summed E-state index contributed by atoms with van der Waals surface area (Å²) < 4.78 is 30.9. The van der Waals surface area contributed by atoms with Crippen LogP contribution in [0.3, 0.4) is 0 Å². The van der Waals surface area contributed by atoms with Crippen LogP contribution >= 0.6 is 0 Å². The van der Waals surface area contributed by atoms with Crippen LogP contribution in [0.4, 0.5) is 0 Å². The molecule has 0 rings (SSSR count). The van der Waals surface area contributed by atoms with E-state index in [1.165, 1.54) is 19.3 Å². The van der Waals surface area contributed by atoms with Crippen LogP contribution in [0.25, 0.3) is 0 Å². The molecular formula is C11H24KNO4S. The molecule has 0 saturated heterocycles. The van der Waals surface area contributed by atoms with Crippen molar-refractivity contribution in [2.24, 2.45) is 0 Å². The first kappa shape index (κ1) is 21.8. The molecule has 0 aromatic heterocycles. The number of aliphatic hydroxyl groups excluding tert-OH is 1. The Bertz CT molecular complexity index is 272. The van der Waals surface area contributed by atoms with Crippen molar-refractivity contribution >= 4 is 10.1 Å². The quantitative estimate of drug-likeness (QED) is 0.258. The molecule has 0 aliphatic heterocycles. The van der Waals surface area contributed by atoms with Crippen molar-refractivity contribution in [2.45, 2.75) is 51.6 Å². The molecule has 0 amide bonds. The minimum atomic E-state index is -4.14. The zero-order valence-electron chi connectivity index (χ0n) is 11.5. The number of nitrogens with one attached hydrogen (secondary N) is 1. The van der Waals surface area contributed by atoms with Crippen LogP contribution in [0.15, 0.2) is 0 Å². The normalized spacial score (nSPS) is 13.1. The Hall–Kier alpha value is 1.47. The number of hydrogen-bond acceptors (Lipinski definition) is 5. The van der Waals surface area contributed by atoms with E-state index >= 15 is 0 Å². The largest absolute Gasteiger partial charge is 1.00 e. The fourth-order valence-electron chi connectivity index (χ4n) is 1.55. The van der Waals surface area contributed by atoms with Gasteiger partial charge < -0.3 is 15.0 Å². The molecule has 1 atom stereocenters. The Kier molecular flexibility index (Phi) is 16.3. The summed E-state index contributed by atoms with van der Waals surface area (Å²) in [5.74, 6) is -0.420. The summed E-state index contributed by atoms with van der Waals surface area (Å²) >= 11 is 0. The fourth-order valence-corrected chi connectivity index (χ4v) is 1.95. The van der Waals surface area contributed by atoms with Gasteiger partial charge in [0.05, 0.1) is 22.0 Å². The average Bonchev–Trinajstić information content (AvgIpc) is 2.23. The minimum Gasteiger partial charge on any atom is -0.748 e. The van der Waals surface area contributed by atoms with Crippen molar-refractivity contribution in [3.63, 3.8) is 0 Å². The zero-order chi connectivity index (χ0) is 13.1. The van der Waals surface area contributed by atoms with Gasteiger partial charge >= 0.3 is 51.4 Å². The van der Waals surface area contributed by atoms with Crippen LogP contribution in [-0.4, -0.2) is 43.0 Å². The SMILES string of the molecule is CCCCCCCC(O)CNCCS(=O)(=O)[O-].[K+]. The molecule has 0 heterocycles. The molecule has 0 aromatic carbocycles. The summed E-state index contributed by atoms with van der Waals surface area (Å²) in [5, 5.41) is 12.3. The molecule has 0 bridgehead atoms. The van der Waals surface area contributed by atoms with Crippen molar-refractivity contribution in [3.8, 4) is 0 Å². The monoisotopic (exact) mass is 305 g/mol. The Labute approximate surface area is 153 Å². The molecule has 0 aromatic rings. The van der Waals surface area contributed by atoms with Gasteiger partial charge in [-0.2, -0.15) is 0 Å². The van der Waals surface area contributed by atoms with E-state index in [2.05, 4.69) is 12.2 Å². The maximum Gasteiger partial charge on any atom is 1.00 e. The van der Waals surface area contributed by atoms with E-state index in [1.807, 2.05) is 0 Å². The molecule has 0 aliphatic rings. The summed E-state index contributed by atoms with van der Waals surface area (Å²) in [4.78, 5) is 0. The van der Waals surface area contributed by atoms with Crippen molar-refractivity contribution < 1.29 is 69.5 Å². The minimum absolute atomic E-state index is 0. The van der Waals surface area contributed by atoms with E-state index in [9.17, 15) is 18.1 Å². The van der Waals surface area contributed by atoms with Crippen LogP contribution < -0.4 is 56.7 Å². The molecule has 7 heteroatoms. The molecule has 104 valence electrons. The van der Waals surface area contributed by atoms with Crippen molar-refractivity contribution in [2.75, 3.05) is 18.8 Å². The first-order valence-corrected chi connectivity index (χ1v) is 7.85. The van der Waals surface area contributed by atoms with Gasteiger partial charge in [0.15, 0.2) is 0 Å². The molecule has 0 radical (unpaired) electrons. The van der Waals surface area contributed by atoms with E-state index in [0.717, 1.165) is 19.3 Å². The summed E-state index contributed by atoms with van der Waals surface area (Å²) in [5.41, 5.74) is 0. The number of rotatable bonds is 11. The summed E-state index contributed by atoms with van der Waals surface area (Å²) in [6.07, 6.45) is 6.02. The second-order valence-corrected chi connectivity index (χ2v) is 5.85. The molecule has 2 N–H and O–H groups in total. The van der Waals surface area contributed by atoms with Gasteiger partial charge in [0.25, 0.3) is 0 Å². The van der Waals surface area contributed by atoms with E-state index in [0.29, 0.717) is 6.54 Å². The first-order chi connectivity index (χ1) is 7.95. The third-order valence-electron chi connectivity index (χ3n) is 2.55. The van der Waals surface area contributed by atoms with E-state index in [1.54, 1.807) is 0 Å². The molecule has 1 unspecified atom stereocenters. The smallest absolute Gasteiger partial charge is 0.748 e. The molecule has 0 spiro atoms.